The highest BCUT2D eigenvalue weighted by Gasteiger charge is 2.02. The number of rotatable bonds is 12. The molecule has 0 saturated carbocycles. The van der Waals surface area contributed by atoms with E-state index in [1.807, 2.05) is 0 Å². The molecule has 0 amide bonds. The van der Waals surface area contributed by atoms with Gasteiger partial charge in [-0.15, -0.1) is 13.2 Å². The zero-order valence-corrected chi connectivity index (χ0v) is 13.1. The minimum atomic E-state index is -4.23. The lowest BCUT2D eigenvalue weighted by Crippen LogP contribution is -2.04. The molecule has 4 nitrogen and oxygen atoms in total. The smallest absolute Gasteiger partial charge is 0.264 e. The summed E-state index contributed by atoms with van der Waals surface area (Å²) in [5.74, 6) is 0. The summed E-state index contributed by atoms with van der Waals surface area (Å²) in [5, 5.41) is 0. The normalized spacial score (nSPS) is 10.3. The molecule has 6 heteroatoms. The SMILES string of the molecule is C=C.CCCCCCCCCCCCOS(=O)(=O)O.[MgH2]. The second kappa shape index (κ2) is 19.4. The van der Waals surface area contributed by atoms with Crippen molar-refractivity contribution in [2.75, 3.05) is 6.61 Å². The van der Waals surface area contributed by atoms with Crippen LogP contribution >= 0.6 is 0 Å². The van der Waals surface area contributed by atoms with Gasteiger partial charge in [-0.2, -0.15) is 8.42 Å². The highest BCUT2D eigenvalue weighted by atomic mass is 32.3. The van der Waals surface area contributed by atoms with Crippen molar-refractivity contribution < 1.29 is 17.2 Å². The van der Waals surface area contributed by atoms with Crippen molar-refractivity contribution >= 4 is 33.5 Å². The zero-order chi connectivity index (χ0) is 15.0. The lowest BCUT2D eigenvalue weighted by molar-refractivity contribution is 0.261. The van der Waals surface area contributed by atoms with Gasteiger partial charge in [-0.25, -0.2) is 4.18 Å². The molecule has 0 rings (SSSR count). The van der Waals surface area contributed by atoms with E-state index in [9.17, 15) is 8.42 Å². The Hall–Kier alpha value is 0.376. The van der Waals surface area contributed by atoms with E-state index in [0.717, 1.165) is 12.8 Å². The first-order valence-electron chi connectivity index (χ1n) is 7.18. The number of hydrogen-bond acceptors (Lipinski definition) is 3. The van der Waals surface area contributed by atoms with Gasteiger partial charge in [-0.05, 0) is 6.42 Å². The van der Waals surface area contributed by atoms with E-state index in [4.69, 9.17) is 4.55 Å². The van der Waals surface area contributed by atoms with Crippen molar-refractivity contribution in [2.24, 2.45) is 0 Å². The molecule has 0 heterocycles. The summed E-state index contributed by atoms with van der Waals surface area (Å²) in [4.78, 5) is 0. The highest BCUT2D eigenvalue weighted by Crippen LogP contribution is 2.10. The van der Waals surface area contributed by atoms with Gasteiger partial charge in [0.05, 0.1) is 6.61 Å². The third-order valence-electron chi connectivity index (χ3n) is 2.73. The average molecular weight is 321 g/mol. The minimum absolute atomic E-state index is 0. The molecule has 20 heavy (non-hydrogen) atoms. The van der Waals surface area contributed by atoms with Crippen LogP contribution in [0.25, 0.3) is 0 Å². The summed E-state index contributed by atoms with van der Waals surface area (Å²) in [7, 11) is -4.23. The van der Waals surface area contributed by atoms with E-state index in [-0.39, 0.29) is 29.7 Å². The van der Waals surface area contributed by atoms with E-state index in [1.54, 1.807) is 0 Å². The molecule has 0 aromatic rings. The lowest BCUT2D eigenvalue weighted by atomic mass is 10.1. The summed E-state index contributed by atoms with van der Waals surface area (Å²) >= 11 is 0. The lowest BCUT2D eigenvalue weighted by Gasteiger charge is -2.02. The van der Waals surface area contributed by atoms with Crippen molar-refractivity contribution in [2.45, 2.75) is 71.1 Å². The first-order valence-corrected chi connectivity index (χ1v) is 8.54. The predicted octanol–water partition coefficient (Wildman–Crippen LogP) is 3.61. The van der Waals surface area contributed by atoms with Gasteiger partial charge in [-0.3, -0.25) is 4.55 Å². The van der Waals surface area contributed by atoms with Crippen LogP contribution in [-0.2, 0) is 14.6 Å². The summed E-state index contributed by atoms with van der Waals surface area (Å²) < 4.78 is 33.0. The molecule has 0 saturated heterocycles. The van der Waals surface area contributed by atoms with Crippen LogP contribution in [-0.4, -0.2) is 42.6 Å². The van der Waals surface area contributed by atoms with Crippen LogP contribution in [0.4, 0.5) is 0 Å². The maximum atomic E-state index is 10.2. The van der Waals surface area contributed by atoms with Gasteiger partial charge in [0, 0.05) is 0 Å². The highest BCUT2D eigenvalue weighted by molar-refractivity contribution is 7.80. The molecule has 0 spiro atoms. The summed E-state index contributed by atoms with van der Waals surface area (Å²) in [6.45, 7) is 8.31. The number of unbranched alkanes of at least 4 members (excludes halogenated alkanes) is 9. The Bertz CT molecular complexity index is 268. The van der Waals surface area contributed by atoms with Gasteiger partial charge in [0.2, 0.25) is 0 Å². The molecule has 0 radical (unpaired) electrons. The molecule has 1 N–H and O–H groups in total. The summed E-state index contributed by atoms with van der Waals surface area (Å²) in [6.07, 6.45) is 11.9. The molecular formula is C14H32MgO4S. The van der Waals surface area contributed by atoms with E-state index in [1.165, 1.54) is 44.9 Å². The van der Waals surface area contributed by atoms with Crippen LogP contribution in [0, 0.1) is 0 Å². The second-order valence-electron chi connectivity index (χ2n) is 4.43. The molecule has 0 atom stereocenters. The van der Waals surface area contributed by atoms with Crippen LogP contribution in [0.1, 0.15) is 71.1 Å². The quantitative estimate of drug-likeness (QED) is 0.258. The molecule has 0 bridgehead atoms. The fraction of sp³-hybridized carbons (Fsp3) is 0.857. The molecule has 0 aliphatic rings. The van der Waals surface area contributed by atoms with Crippen molar-refractivity contribution in [3.63, 3.8) is 0 Å². The van der Waals surface area contributed by atoms with Gasteiger partial charge < -0.3 is 0 Å². The van der Waals surface area contributed by atoms with E-state index in [2.05, 4.69) is 24.3 Å². The van der Waals surface area contributed by atoms with Gasteiger partial charge in [0.15, 0.2) is 0 Å². The number of hydrogen-bond donors (Lipinski definition) is 1. The standard InChI is InChI=1S/C12H26O4S.C2H4.Mg.2H/c1-2-3-4-5-6-7-8-9-10-11-12-16-17(13,14)15;1-2;;;/h2-12H2,1H3,(H,13,14,15);1-2H2;;;. The van der Waals surface area contributed by atoms with Crippen molar-refractivity contribution in [3.05, 3.63) is 13.2 Å². The van der Waals surface area contributed by atoms with Gasteiger partial charge in [-0.1, -0.05) is 64.7 Å². The van der Waals surface area contributed by atoms with Crippen LogP contribution in [0.15, 0.2) is 13.2 Å². The topological polar surface area (TPSA) is 63.6 Å². The fourth-order valence-electron chi connectivity index (χ4n) is 1.75. The van der Waals surface area contributed by atoms with E-state index < -0.39 is 10.4 Å². The summed E-state index contributed by atoms with van der Waals surface area (Å²) in [6, 6.07) is 0. The second-order valence-corrected chi connectivity index (χ2v) is 5.52. The van der Waals surface area contributed by atoms with Crippen LogP contribution in [0.3, 0.4) is 0 Å². The van der Waals surface area contributed by atoms with Gasteiger partial charge >= 0.3 is 33.5 Å². The average Bonchev–Trinajstić information content (AvgIpc) is 2.37. The fourth-order valence-corrected chi connectivity index (χ4v) is 2.08. The Morgan fingerprint density at radius 2 is 1.20 bits per heavy atom. The third kappa shape index (κ3) is 26.8. The van der Waals surface area contributed by atoms with Crippen molar-refractivity contribution in [1.82, 2.24) is 0 Å². The maximum Gasteiger partial charge on any atom is 0.397 e. The first-order chi connectivity index (χ1) is 9.06. The molecule has 0 fully saturated rings. The Morgan fingerprint density at radius 1 is 0.850 bits per heavy atom. The van der Waals surface area contributed by atoms with E-state index in [0.29, 0.717) is 6.42 Å². The molecular weight excluding hydrogens is 289 g/mol. The molecule has 120 valence electrons. The van der Waals surface area contributed by atoms with Crippen molar-refractivity contribution in [1.29, 1.82) is 0 Å². The Morgan fingerprint density at radius 3 is 1.55 bits per heavy atom. The molecule has 0 aromatic heterocycles. The van der Waals surface area contributed by atoms with Gasteiger partial charge in [0.1, 0.15) is 0 Å². The first kappa shape index (κ1) is 25.3. The summed E-state index contributed by atoms with van der Waals surface area (Å²) in [5.41, 5.74) is 0. The predicted molar refractivity (Wildman–Crippen MR) is 89.1 cm³/mol. The monoisotopic (exact) mass is 320 g/mol. The molecule has 0 aromatic carbocycles. The Balaban J connectivity index is -0.000000916. The van der Waals surface area contributed by atoms with E-state index >= 15 is 0 Å². The van der Waals surface area contributed by atoms with Crippen LogP contribution in [0.5, 0.6) is 0 Å². The molecule has 0 aliphatic carbocycles. The van der Waals surface area contributed by atoms with Crippen molar-refractivity contribution in [3.8, 4) is 0 Å². The third-order valence-corrected chi connectivity index (χ3v) is 3.19. The molecule has 0 unspecified atom stereocenters. The van der Waals surface area contributed by atoms with Gasteiger partial charge in [0.25, 0.3) is 0 Å². The Kier molecular flexibility index (Phi) is 24.5. The maximum absolute atomic E-state index is 10.2. The largest absolute Gasteiger partial charge is 0.397 e. The van der Waals surface area contributed by atoms with Crippen LogP contribution < -0.4 is 0 Å². The minimum Gasteiger partial charge on any atom is -0.264 e. The Labute approximate surface area is 141 Å². The van der Waals surface area contributed by atoms with Crippen LogP contribution in [0.2, 0.25) is 0 Å². The zero-order valence-electron chi connectivity index (χ0n) is 12.3. The molecule has 0 aliphatic heterocycles.